The average Bonchev–Trinajstić information content (AvgIpc) is 2.32. The fourth-order valence-electron chi connectivity index (χ4n) is 1.05. The molecule has 0 heterocycles. The molecule has 4 heteroatoms. The maximum Gasteiger partial charge on any atom is -1.00 e. The third kappa shape index (κ3) is 8.02. The molecule has 0 spiro atoms. The molecule has 0 aromatic rings. The Bertz CT molecular complexity index is 163. The predicted octanol–water partition coefficient (Wildman–Crippen LogP) is -3.55. The molecule has 0 saturated carbocycles. The Balaban J connectivity index is 0. The van der Waals surface area contributed by atoms with Crippen molar-refractivity contribution < 1.29 is 44.2 Å². The molecule has 13 heavy (non-hydrogen) atoms. The Morgan fingerprint density at radius 1 is 1.31 bits per heavy atom. The second-order valence-corrected chi connectivity index (χ2v) is 5.91. The summed E-state index contributed by atoms with van der Waals surface area (Å²) in [7, 11) is 0. The van der Waals surface area contributed by atoms with Crippen LogP contribution in [0, 0.1) is 0 Å². The van der Waals surface area contributed by atoms with Gasteiger partial charge in [-0.3, -0.25) is 0 Å². The van der Waals surface area contributed by atoms with E-state index in [9.17, 15) is 0 Å². The quantitative estimate of drug-likeness (QED) is 0.506. The summed E-state index contributed by atoms with van der Waals surface area (Å²) >= 11 is 0.0139. The molecule has 0 aromatic heterocycles. The van der Waals surface area contributed by atoms with Gasteiger partial charge in [0.15, 0.2) is 0 Å². The van der Waals surface area contributed by atoms with Crippen LogP contribution in [0.2, 0.25) is 0 Å². The summed E-state index contributed by atoms with van der Waals surface area (Å²) in [4.78, 5) is 0. The van der Waals surface area contributed by atoms with E-state index in [2.05, 4.69) is 30.6 Å². The summed E-state index contributed by atoms with van der Waals surface area (Å²) in [6.07, 6.45) is 6.51. The number of allylic oxidation sites excluding steroid dienone is 2. The number of rotatable bonds is 2. The van der Waals surface area contributed by atoms with Crippen LogP contribution in [0.25, 0.3) is 0 Å². The van der Waals surface area contributed by atoms with Crippen LogP contribution in [0.1, 0.15) is 40.0 Å². The summed E-state index contributed by atoms with van der Waals surface area (Å²) in [5.41, 5.74) is 0.323. The van der Waals surface area contributed by atoms with E-state index in [1.165, 1.54) is 19.3 Å². The third-order valence-electron chi connectivity index (χ3n) is 1.64. The maximum atomic E-state index is 3.62. The van der Waals surface area contributed by atoms with Gasteiger partial charge in [0.2, 0.25) is 0 Å². The maximum absolute atomic E-state index is 3.62. The zero-order valence-corrected chi connectivity index (χ0v) is 11.5. The van der Waals surface area contributed by atoms with Gasteiger partial charge in [0.05, 0.1) is 0 Å². The molecule has 0 amide bonds. The van der Waals surface area contributed by atoms with Crippen molar-refractivity contribution >= 4 is 0 Å². The summed E-state index contributed by atoms with van der Waals surface area (Å²) in [6.45, 7) is 6.73. The van der Waals surface area contributed by atoms with Gasteiger partial charge in [-0.1, -0.05) is 0 Å². The van der Waals surface area contributed by atoms with E-state index in [0.29, 0.717) is 5.54 Å². The van der Waals surface area contributed by atoms with E-state index in [1.54, 1.807) is 3.88 Å². The minimum Gasteiger partial charge on any atom is -1.00 e. The van der Waals surface area contributed by atoms with Gasteiger partial charge in [-0.25, -0.2) is 0 Å². The van der Waals surface area contributed by atoms with Crippen molar-refractivity contribution in [2.45, 2.75) is 45.6 Å². The van der Waals surface area contributed by atoms with E-state index in [1.807, 2.05) is 0 Å². The van der Waals surface area contributed by atoms with Gasteiger partial charge in [-0.15, -0.1) is 0 Å². The van der Waals surface area contributed by atoms with E-state index in [0.717, 1.165) is 0 Å². The predicted molar refractivity (Wildman–Crippen MR) is 44.8 cm³/mol. The molecular formula is C9H17Cl2NTi. The molecule has 1 aliphatic rings. The molecule has 0 radical (unpaired) electrons. The van der Waals surface area contributed by atoms with E-state index in [4.69, 9.17) is 0 Å². The molecule has 0 aromatic carbocycles. The largest absolute Gasteiger partial charge is 1.00 e. The first-order valence-electron chi connectivity index (χ1n) is 4.30. The summed E-state index contributed by atoms with van der Waals surface area (Å²) in [5.74, 6) is 0. The van der Waals surface area contributed by atoms with Gasteiger partial charge in [0.1, 0.15) is 0 Å². The molecule has 76 valence electrons. The fraction of sp³-hybridized carbons (Fsp3) is 0.778. The molecule has 1 nitrogen and oxygen atoms in total. The number of hydrogen-bond donors (Lipinski definition) is 1. The van der Waals surface area contributed by atoms with Gasteiger partial charge in [-0.05, 0) is 0 Å². The Hall–Kier alpha value is 0.994. The van der Waals surface area contributed by atoms with Crippen molar-refractivity contribution in [1.82, 2.24) is 3.80 Å². The van der Waals surface area contributed by atoms with Crippen LogP contribution in [-0.4, -0.2) is 5.54 Å². The topological polar surface area (TPSA) is 12.0 Å². The average molecular weight is 258 g/mol. The molecule has 0 fully saturated rings. The standard InChI is InChI=1S/C5H7.C4H10N.2ClH.Ti/c1-2-4-5-3-1;1-4(2,3)5;;;/h1H,2,4-5H2;5H,1-3H3;2*1H;/q;-1;;;+3/p-2. The van der Waals surface area contributed by atoms with E-state index in [-0.39, 0.29) is 44.2 Å². The van der Waals surface area contributed by atoms with Crippen molar-refractivity contribution in [3.05, 3.63) is 9.95 Å². The second-order valence-electron chi connectivity index (χ2n) is 4.12. The molecule has 1 aliphatic carbocycles. The van der Waals surface area contributed by atoms with E-state index >= 15 is 0 Å². The van der Waals surface area contributed by atoms with Crippen LogP contribution in [0.3, 0.4) is 0 Å². The van der Waals surface area contributed by atoms with Crippen molar-refractivity contribution in [2.75, 3.05) is 0 Å². The molecule has 0 aliphatic heterocycles. The second kappa shape index (κ2) is 7.31. The van der Waals surface area contributed by atoms with Crippen molar-refractivity contribution in [2.24, 2.45) is 0 Å². The van der Waals surface area contributed by atoms with Gasteiger partial charge in [0.25, 0.3) is 0 Å². The number of nitrogens with one attached hydrogen (secondary N) is 1. The van der Waals surface area contributed by atoms with Crippen LogP contribution in [0.5, 0.6) is 0 Å². The molecule has 0 saturated heterocycles. The van der Waals surface area contributed by atoms with Crippen molar-refractivity contribution in [1.29, 1.82) is 0 Å². The first-order valence-corrected chi connectivity index (χ1v) is 5.86. The summed E-state index contributed by atoms with van der Waals surface area (Å²) in [6, 6.07) is 0. The molecule has 0 unspecified atom stereocenters. The van der Waals surface area contributed by atoms with Crippen LogP contribution < -0.4 is 28.6 Å². The van der Waals surface area contributed by atoms with Gasteiger partial charge >= 0.3 is 78.7 Å². The third-order valence-corrected chi connectivity index (χ3v) is 4.22. The zero-order valence-electron chi connectivity index (χ0n) is 8.45. The Labute approximate surface area is 103 Å². The van der Waals surface area contributed by atoms with Crippen LogP contribution >= 0.6 is 0 Å². The summed E-state index contributed by atoms with van der Waals surface area (Å²) in [5, 5.41) is 0. The molecule has 1 rings (SSSR count). The van der Waals surface area contributed by atoms with Gasteiger partial charge in [0, 0.05) is 0 Å². The minimum absolute atomic E-state index is 0. The molecule has 0 bridgehead atoms. The Morgan fingerprint density at radius 2 is 1.92 bits per heavy atom. The number of hydrogen-bond acceptors (Lipinski definition) is 1. The van der Waals surface area contributed by atoms with Crippen LogP contribution in [0.4, 0.5) is 0 Å². The van der Waals surface area contributed by atoms with Crippen LogP contribution in [0.15, 0.2) is 9.95 Å². The first-order chi connectivity index (χ1) is 5.08. The van der Waals surface area contributed by atoms with Crippen molar-refractivity contribution in [3.8, 4) is 0 Å². The first kappa shape index (κ1) is 16.4. The van der Waals surface area contributed by atoms with Crippen LogP contribution in [-0.2, 0) is 19.4 Å². The fourth-order valence-corrected chi connectivity index (χ4v) is 2.74. The molecular weight excluding hydrogens is 241 g/mol. The normalized spacial score (nSPS) is 15.2. The van der Waals surface area contributed by atoms with Crippen molar-refractivity contribution in [3.63, 3.8) is 0 Å². The Kier molecular flexibility index (Phi) is 9.23. The number of halogens is 2. The van der Waals surface area contributed by atoms with Gasteiger partial charge < -0.3 is 24.8 Å². The molecule has 1 N–H and O–H groups in total. The smallest absolute Gasteiger partial charge is 1.00 e. The summed E-state index contributed by atoms with van der Waals surface area (Å²) < 4.78 is 5.34. The Morgan fingerprint density at radius 3 is 2.31 bits per heavy atom. The minimum atomic E-state index is 0. The zero-order chi connectivity index (χ0) is 8.32. The molecule has 0 atom stereocenters. The monoisotopic (exact) mass is 257 g/mol. The van der Waals surface area contributed by atoms with Gasteiger partial charge in [-0.2, -0.15) is 0 Å². The SMILES string of the molecule is CC(C)(C)[NH][Ti+2][C]1=CCCC1.[Cl-].[Cl-]. The van der Waals surface area contributed by atoms with E-state index < -0.39 is 0 Å².